The van der Waals surface area contributed by atoms with Crippen molar-refractivity contribution >= 4 is 21.7 Å². The Morgan fingerprint density at radius 2 is 1.81 bits per heavy atom. The van der Waals surface area contributed by atoms with Crippen molar-refractivity contribution in [1.29, 1.82) is 0 Å². The predicted molar refractivity (Wildman–Crippen MR) is 106 cm³/mol. The van der Waals surface area contributed by atoms with Gasteiger partial charge >= 0.3 is 0 Å². The smallest absolute Gasteiger partial charge is 0.175 e. The zero-order valence-corrected chi connectivity index (χ0v) is 18.1. The van der Waals surface area contributed by atoms with E-state index in [4.69, 9.17) is 0 Å². The van der Waals surface area contributed by atoms with Gasteiger partial charge in [-0.1, -0.05) is 36.7 Å². The molecular weight excluding hydrogens is 392 g/mol. The van der Waals surface area contributed by atoms with Crippen LogP contribution in [0.15, 0.2) is 0 Å². The van der Waals surface area contributed by atoms with Gasteiger partial charge in [0, 0.05) is 5.41 Å². The fraction of sp³-hybridized carbons (Fsp3) is 0.955. The maximum absolute atomic E-state index is 12.8. The Kier molecular flexibility index (Phi) is 4.69. The normalized spacial score (nSPS) is 56.4. The third-order valence-corrected chi connectivity index (χ3v) is 10.3. The van der Waals surface area contributed by atoms with Crippen molar-refractivity contribution in [3.63, 3.8) is 0 Å². The molecule has 0 aliphatic heterocycles. The van der Waals surface area contributed by atoms with Gasteiger partial charge in [-0.05, 0) is 86.4 Å². The topological polar surface area (TPSA) is 57.5 Å². The van der Waals surface area contributed by atoms with Gasteiger partial charge in [0.1, 0.15) is 5.60 Å². The van der Waals surface area contributed by atoms with Crippen LogP contribution in [0.3, 0.4) is 0 Å². The minimum atomic E-state index is -1.17. The van der Waals surface area contributed by atoms with E-state index >= 15 is 0 Å². The lowest BCUT2D eigenvalue weighted by molar-refractivity contribution is -0.174. The van der Waals surface area contributed by atoms with Crippen LogP contribution < -0.4 is 0 Å². The van der Waals surface area contributed by atoms with Crippen LogP contribution in [0.2, 0.25) is 0 Å². The molecule has 0 heterocycles. The van der Waals surface area contributed by atoms with Crippen LogP contribution in [-0.4, -0.2) is 33.0 Å². The lowest BCUT2D eigenvalue weighted by Crippen LogP contribution is -2.60. The molecule has 26 heavy (non-hydrogen) atoms. The Labute approximate surface area is 166 Å². The standard InChI is InChI=1S/C22H35BrO3/c1-13-10-18-16-5-4-14-11-15(24)6-8-20(14,2)17(16)7-9-21(18,3)22(13,26)19(25)12-23/h13-18,24,26H,4-12H2,1-3H3/t13-,14+,15-,16-,17+,18+,20+,21+,22+/m1/s1. The minimum Gasteiger partial charge on any atom is -0.393 e. The third kappa shape index (κ3) is 2.33. The number of carbonyl (C=O) groups excluding carboxylic acids is 1. The molecule has 4 aliphatic rings. The van der Waals surface area contributed by atoms with Crippen molar-refractivity contribution in [3.8, 4) is 0 Å². The lowest BCUT2D eigenvalue weighted by Gasteiger charge is -2.61. The van der Waals surface area contributed by atoms with Crippen LogP contribution in [0.1, 0.15) is 72.1 Å². The van der Waals surface area contributed by atoms with Gasteiger partial charge in [-0.2, -0.15) is 0 Å². The SMILES string of the molecule is C[C@@H]1C[C@H]2[C@@H]3CC[C@H]4C[C@H](O)CC[C@]4(C)[C@H]3CC[C@]2(C)[C@@]1(O)C(=O)CBr. The summed E-state index contributed by atoms with van der Waals surface area (Å²) in [6, 6.07) is 0. The van der Waals surface area contributed by atoms with Crippen molar-refractivity contribution in [2.24, 2.45) is 40.4 Å². The van der Waals surface area contributed by atoms with E-state index in [-0.39, 0.29) is 28.6 Å². The highest BCUT2D eigenvalue weighted by molar-refractivity contribution is 9.09. The number of hydrogen-bond acceptors (Lipinski definition) is 3. The van der Waals surface area contributed by atoms with Crippen molar-refractivity contribution in [3.05, 3.63) is 0 Å². The Morgan fingerprint density at radius 1 is 1.08 bits per heavy atom. The molecule has 3 nitrogen and oxygen atoms in total. The summed E-state index contributed by atoms with van der Waals surface area (Å²) < 4.78 is 0. The van der Waals surface area contributed by atoms with Crippen molar-refractivity contribution < 1.29 is 15.0 Å². The first kappa shape index (κ1) is 19.4. The number of aliphatic hydroxyl groups excluding tert-OH is 1. The van der Waals surface area contributed by atoms with E-state index in [0.29, 0.717) is 29.1 Å². The van der Waals surface area contributed by atoms with Gasteiger partial charge in [-0.25, -0.2) is 0 Å². The van der Waals surface area contributed by atoms with Gasteiger partial charge in [0.25, 0.3) is 0 Å². The molecule has 0 bridgehead atoms. The van der Waals surface area contributed by atoms with Crippen LogP contribution in [0, 0.1) is 40.4 Å². The second kappa shape index (κ2) is 6.29. The highest BCUT2D eigenvalue weighted by Crippen LogP contribution is 2.69. The molecule has 0 spiro atoms. The van der Waals surface area contributed by atoms with E-state index in [2.05, 4.69) is 36.7 Å². The number of alkyl halides is 1. The number of aliphatic hydroxyl groups is 2. The molecule has 2 N–H and O–H groups in total. The Bertz CT molecular complexity index is 594. The van der Waals surface area contributed by atoms with Gasteiger partial charge in [-0.3, -0.25) is 4.79 Å². The number of ketones is 1. The molecule has 9 atom stereocenters. The summed E-state index contributed by atoms with van der Waals surface area (Å²) in [5, 5.41) is 22.0. The predicted octanol–water partition coefficient (Wildman–Crippen LogP) is 4.33. The first-order chi connectivity index (χ1) is 12.2. The summed E-state index contributed by atoms with van der Waals surface area (Å²) in [7, 11) is 0. The fourth-order valence-electron chi connectivity index (χ4n) is 8.27. The first-order valence-corrected chi connectivity index (χ1v) is 11.8. The van der Waals surface area contributed by atoms with Crippen LogP contribution >= 0.6 is 15.9 Å². The molecule has 0 aromatic carbocycles. The Hall–Kier alpha value is 0.0700. The van der Waals surface area contributed by atoms with Crippen LogP contribution in [-0.2, 0) is 4.79 Å². The summed E-state index contributed by atoms with van der Waals surface area (Å²) in [6.07, 6.45) is 8.45. The highest BCUT2D eigenvalue weighted by atomic mass is 79.9. The van der Waals surface area contributed by atoms with Crippen molar-refractivity contribution in [2.45, 2.75) is 83.8 Å². The van der Waals surface area contributed by atoms with Crippen LogP contribution in [0.4, 0.5) is 0 Å². The van der Waals surface area contributed by atoms with Crippen molar-refractivity contribution in [2.75, 3.05) is 5.33 Å². The molecule has 0 unspecified atom stereocenters. The summed E-state index contributed by atoms with van der Waals surface area (Å²) in [5.41, 5.74) is -1.12. The second-order valence-corrected chi connectivity index (χ2v) is 11.1. The van der Waals surface area contributed by atoms with Crippen LogP contribution in [0.5, 0.6) is 0 Å². The van der Waals surface area contributed by atoms with E-state index in [1.807, 2.05) is 0 Å². The van der Waals surface area contributed by atoms with E-state index in [0.717, 1.165) is 38.5 Å². The molecule has 4 rings (SSSR count). The van der Waals surface area contributed by atoms with Gasteiger partial charge < -0.3 is 10.2 Å². The molecule has 0 aromatic rings. The molecular formula is C22H35BrO3. The quantitative estimate of drug-likeness (QED) is 0.645. The Morgan fingerprint density at radius 3 is 2.50 bits per heavy atom. The average molecular weight is 427 g/mol. The molecule has 148 valence electrons. The maximum Gasteiger partial charge on any atom is 0.175 e. The molecule has 4 saturated carbocycles. The number of carbonyl (C=O) groups is 1. The molecule has 4 heteroatoms. The molecule has 0 radical (unpaired) electrons. The second-order valence-electron chi connectivity index (χ2n) is 10.5. The van der Waals surface area contributed by atoms with E-state index < -0.39 is 5.60 Å². The summed E-state index contributed by atoms with van der Waals surface area (Å²) in [4.78, 5) is 12.8. The molecule has 4 aliphatic carbocycles. The number of halogens is 1. The lowest BCUT2D eigenvalue weighted by atomic mass is 9.44. The minimum absolute atomic E-state index is 0.0193. The average Bonchev–Trinajstić information content (AvgIpc) is 2.83. The van der Waals surface area contributed by atoms with Gasteiger partial charge in [0.2, 0.25) is 0 Å². The highest BCUT2D eigenvalue weighted by Gasteiger charge is 2.68. The molecule has 0 aromatic heterocycles. The number of hydrogen-bond donors (Lipinski definition) is 2. The van der Waals surface area contributed by atoms with Gasteiger partial charge in [0.05, 0.1) is 11.4 Å². The van der Waals surface area contributed by atoms with Crippen molar-refractivity contribution in [1.82, 2.24) is 0 Å². The van der Waals surface area contributed by atoms with E-state index in [9.17, 15) is 15.0 Å². The zero-order valence-electron chi connectivity index (χ0n) is 16.5. The summed E-state index contributed by atoms with van der Waals surface area (Å²) in [6.45, 7) is 6.78. The molecule has 4 fully saturated rings. The summed E-state index contributed by atoms with van der Waals surface area (Å²) >= 11 is 3.32. The van der Waals surface area contributed by atoms with E-state index in [1.54, 1.807) is 0 Å². The summed E-state index contributed by atoms with van der Waals surface area (Å²) in [5.74, 6) is 2.45. The maximum atomic E-state index is 12.8. The number of rotatable bonds is 2. The van der Waals surface area contributed by atoms with E-state index in [1.165, 1.54) is 12.8 Å². The number of Topliss-reactive ketones (excluding diaryl/α,β-unsaturated/α-hetero) is 1. The van der Waals surface area contributed by atoms with Crippen LogP contribution in [0.25, 0.3) is 0 Å². The Balaban J connectivity index is 1.67. The van der Waals surface area contributed by atoms with Gasteiger partial charge in [-0.15, -0.1) is 0 Å². The zero-order chi connectivity index (χ0) is 18.9. The third-order valence-electron chi connectivity index (χ3n) is 9.77. The fourth-order valence-corrected chi connectivity index (χ4v) is 8.70. The molecule has 0 amide bonds. The molecule has 0 saturated heterocycles. The number of fused-ring (bicyclic) bond motifs is 5. The largest absolute Gasteiger partial charge is 0.393 e. The first-order valence-electron chi connectivity index (χ1n) is 10.7. The monoisotopic (exact) mass is 426 g/mol. The van der Waals surface area contributed by atoms with Gasteiger partial charge in [0.15, 0.2) is 5.78 Å².